The molecule has 0 aliphatic heterocycles. The van der Waals surface area contributed by atoms with E-state index < -0.39 is 11.6 Å². The summed E-state index contributed by atoms with van der Waals surface area (Å²) in [5.74, 6) is -0.419. The van der Waals surface area contributed by atoms with E-state index in [9.17, 15) is 9.90 Å². The largest absolute Gasteiger partial charge is 0.466 e. The summed E-state index contributed by atoms with van der Waals surface area (Å²) in [5, 5.41) is 10.8. The number of hydrogen-bond acceptors (Lipinski definition) is 3. The van der Waals surface area contributed by atoms with Crippen LogP contribution in [0, 0.1) is 10.8 Å². The minimum absolute atomic E-state index is 0.102. The van der Waals surface area contributed by atoms with Crippen LogP contribution in [0.15, 0.2) is 12.2 Å². The van der Waals surface area contributed by atoms with Gasteiger partial charge < -0.3 is 9.84 Å². The van der Waals surface area contributed by atoms with Gasteiger partial charge in [-0.25, -0.2) is 4.79 Å². The Hall–Kier alpha value is -0.830. The van der Waals surface area contributed by atoms with E-state index in [0.29, 0.717) is 6.42 Å². The van der Waals surface area contributed by atoms with Gasteiger partial charge >= 0.3 is 5.97 Å². The molecule has 1 saturated carbocycles. The van der Waals surface area contributed by atoms with Crippen LogP contribution >= 0.6 is 0 Å². The summed E-state index contributed by atoms with van der Waals surface area (Å²) < 4.78 is 4.57. The number of aliphatic hydroxyl groups is 1. The third kappa shape index (κ3) is 3.09. The number of rotatable bonds is 2. The lowest BCUT2D eigenvalue weighted by molar-refractivity contribution is -0.135. The van der Waals surface area contributed by atoms with Gasteiger partial charge in [0.05, 0.1) is 12.7 Å². The average molecular weight is 240 g/mol. The normalized spacial score (nSPS) is 31.4. The summed E-state index contributed by atoms with van der Waals surface area (Å²) in [7, 11) is 1.34. The third-order valence-electron chi connectivity index (χ3n) is 4.04. The lowest BCUT2D eigenvalue weighted by Gasteiger charge is -2.50. The minimum atomic E-state index is -0.942. The maximum atomic E-state index is 11.1. The molecule has 1 rings (SSSR count). The molecule has 98 valence electrons. The van der Waals surface area contributed by atoms with E-state index in [-0.39, 0.29) is 10.8 Å². The second kappa shape index (κ2) is 4.45. The molecule has 1 N–H and O–H groups in total. The molecule has 1 atom stereocenters. The molecule has 0 spiro atoms. The number of hydrogen-bond donors (Lipinski definition) is 1. The van der Waals surface area contributed by atoms with Gasteiger partial charge in [0.1, 0.15) is 0 Å². The lowest BCUT2D eigenvalue weighted by atomic mass is 9.58. The first-order valence-electron chi connectivity index (χ1n) is 6.12. The fourth-order valence-corrected chi connectivity index (χ4v) is 2.48. The second-order valence-corrected chi connectivity index (χ2v) is 6.51. The van der Waals surface area contributed by atoms with E-state index in [0.717, 1.165) is 12.8 Å². The highest BCUT2D eigenvalue weighted by Crippen LogP contribution is 2.51. The zero-order valence-corrected chi connectivity index (χ0v) is 11.5. The number of carbonyl (C=O) groups is 1. The topological polar surface area (TPSA) is 46.5 Å². The number of esters is 1. The Balaban J connectivity index is 2.96. The second-order valence-electron chi connectivity index (χ2n) is 6.51. The Labute approximate surface area is 104 Å². The zero-order valence-electron chi connectivity index (χ0n) is 11.5. The molecule has 1 unspecified atom stereocenters. The maximum absolute atomic E-state index is 11.1. The molecule has 0 saturated heterocycles. The Morgan fingerprint density at radius 1 is 1.24 bits per heavy atom. The van der Waals surface area contributed by atoms with Crippen molar-refractivity contribution in [2.75, 3.05) is 7.11 Å². The van der Waals surface area contributed by atoms with Crippen molar-refractivity contribution in [2.45, 2.75) is 52.6 Å². The van der Waals surface area contributed by atoms with Crippen molar-refractivity contribution in [3.63, 3.8) is 0 Å². The van der Waals surface area contributed by atoms with E-state index in [1.807, 2.05) is 13.8 Å². The van der Waals surface area contributed by atoms with Crippen molar-refractivity contribution >= 4 is 5.97 Å². The lowest BCUT2D eigenvalue weighted by Crippen LogP contribution is -2.50. The van der Waals surface area contributed by atoms with Crippen LogP contribution in [-0.4, -0.2) is 23.8 Å². The monoisotopic (exact) mass is 240 g/mol. The molecule has 0 bridgehead atoms. The first kappa shape index (κ1) is 14.2. The SMILES string of the molecule is COC(=O)C=CC1(O)CC(C)(C)CCC1(C)C. The molecule has 0 aromatic carbocycles. The first-order valence-corrected chi connectivity index (χ1v) is 6.12. The van der Waals surface area contributed by atoms with Crippen molar-refractivity contribution in [3.8, 4) is 0 Å². The highest BCUT2D eigenvalue weighted by atomic mass is 16.5. The van der Waals surface area contributed by atoms with Crippen LogP contribution in [0.1, 0.15) is 47.0 Å². The van der Waals surface area contributed by atoms with Crippen molar-refractivity contribution < 1.29 is 14.6 Å². The van der Waals surface area contributed by atoms with Crippen LogP contribution < -0.4 is 0 Å². The molecular formula is C14H24O3. The van der Waals surface area contributed by atoms with E-state index >= 15 is 0 Å². The highest BCUT2D eigenvalue weighted by molar-refractivity contribution is 5.82. The Bertz CT molecular complexity index is 328. The molecule has 0 aromatic rings. The molecule has 3 nitrogen and oxygen atoms in total. The van der Waals surface area contributed by atoms with E-state index in [1.54, 1.807) is 6.08 Å². The molecule has 17 heavy (non-hydrogen) atoms. The van der Waals surface area contributed by atoms with Crippen LogP contribution in [0.25, 0.3) is 0 Å². The summed E-state index contributed by atoms with van der Waals surface area (Å²) in [4.78, 5) is 11.1. The van der Waals surface area contributed by atoms with E-state index in [1.165, 1.54) is 13.2 Å². The Kier molecular flexibility index (Phi) is 3.72. The highest BCUT2D eigenvalue weighted by Gasteiger charge is 2.48. The Morgan fingerprint density at radius 3 is 2.35 bits per heavy atom. The van der Waals surface area contributed by atoms with Crippen molar-refractivity contribution in [2.24, 2.45) is 10.8 Å². The fraction of sp³-hybridized carbons (Fsp3) is 0.786. The summed E-state index contributed by atoms with van der Waals surface area (Å²) in [6.07, 6.45) is 5.65. The molecule has 0 radical (unpaired) electrons. The minimum Gasteiger partial charge on any atom is -0.466 e. The molecular weight excluding hydrogens is 216 g/mol. The summed E-state index contributed by atoms with van der Waals surface area (Å²) in [6.45, 7) is 8.39. The molecule has 3 heteroatoms. The van der Waals surface area contributed by atoms with Gasteiger partial charge in [-0.2, -0.15) is 0 Å². The van der Waals surface area contributed by atoms with Gasteiger partial charge in [0.15, 0.2) is 0 Å². The van der Waals surface area contributed by atoms with Gasteiger partial charge in [-0.1, -0.05) is 27.7 Å². The predicted octanol–water partition coefficient (Wildman–Crippen LogP) is 2.68. The van der Waals surface area contributed by atoms with Gasteiger partial charge in [0.25, 0.3) is 0 Å². The standard InChI is InChI=1S/C14H24O3/c1-12(2)8-9-13(3,4)14(16,10-12)7-6-11(15)17-5/h6-7,16H,8-10H2,1-5H3. The summed E-state index contributed by atoms with van der Waals surface area (Å²) in [5.41, 5.74) is -1.05. The van der Waals surface area contributed by atoms with Gasteiger partial charge in [0.2, 0.25) is 0 Å². The fourth-order valence-electron chi connectivity index (χ4n) is 2.48. The first-order chi connectivity index (χ1) is 7.62. The molecule has 1 aliphatic carbocycles. The van der Waals surface area contributed by atoms with Gasteiger partial charge in [-0.15, -0.1) is 0 Å². The Morgan fingerprint density at radius 2 is 1.82 bits per heavy atom. The summed E-state index contributed by atoms with van der Waals surface area (Å²) >= 11 is 0. The maximum Gasteiger partial charge on any atom is 0.330 e. The van der Waals surface area contributed by atoms with Crippen LogP contribution in [0.5, 0.6) is 0 Å². The molecule has 0 aromatic heterocycles. The van der Waals surface area contributed by atoms with Gasteiger partial charge in [-0.05, 0) is 36.2 Å². The van der Waals surface area contributed by atoms with Crippen molar-refractivity contribution in [3.05, 3.63) is 12.2 Å². The quantitative estimate of drug-likeness (QED) is 0.596. The van der Waals surface area contributed by atoms with E-state index in [4.69, 9.17) is 0 Å². The number of ether oxygens (including phenoxy) is 1. The third-order valence-corrected chi connectivity index (χ3v) is 4.04. The molecule has 0 amide bonds. The van der Waals surface area contributed by atoms with Crippen molar-refractivity contribution in [1.82, 2.24) is 0 Å². The van der Waals surface area contributed by atoms with Crippen molar-refractivity contribution in [1.29, 1.82) is 0 Å². The molecule has 1 aliphatic rings. The molecule has 0 heterocycles. The smallest absolute Gasteiger partial charge is 0.330 e. The average Bonchev–Trinajstić information content (AvgIpc) is 2.21. The summed E-state index contributed by atoms with van der Waals surface area (Å²) in [6, 6.07) is 0. The van der Waals surface area contributed by atoms with Gasteiger partial charge in [-0.3, -0.25) is 0 Å². The molecule has 1 fully saturated rings. The number of carbonyl (C=O) groups excluding carboxylic acids is 1. The zero-order chi connectivity index (χ0) is 13.3. The van der Waals surface area contributed by atoms with Gasteiger partial charge in [0, 0.05) is 6.08 Å². The van der Waals surface area contributed by atoms with Crippen LogP contribution in [0.3, 0.4) is 0 Å². The van der Waals surface area contributed by atoms with E-state index in [2.05, 4.69) is 18.6 Å². The van der Waals surface area contributed by atoms with Crippen LogP contribution in [0.4, 0.5) is 0 Å². The number of methoxy groups -OCH3 is 1. The predicted molar refractivity (Wildman–Crippen MR) is 67.5 cm³/mol. The van der Waals surface area contributed by atoms with Crippen LogP contribution in [0.2, 0.25) is 0 Å². The van der Waals surface area contributed by atoms with Crippen LogP contribution in [-0.2, 0) is 9.53 Å².